The van der Waals surface area contributed by atoms with Crippen LogP contribution in [0, 0.1) is 0 Å². The van der Waals surface area contributed by atoms with Crippen molar-refractivity contribution in [3.63, 3.8) is 0 Å². The average Bonchev–Trinajstić information content (AvgIpc) is 3.58. The van der Waals surface area contributed by atoms with Crippen molar-refractivity contribution in [2.75, 3.05) is 0 Å². The zero-order valence-electron chi connectivity index (χ0n) is 16.7. The summed E-state index contributed by atoms with van der Waals surface area (Å²) in [6.45, 7) is 0. The number of para-hydroxylation sites is 3. The third kappa shape index (κ3) is 1.91. The lowest BCUT2D eigenvalue weighted by Crippen LogP contribution is -1.98. The summed E-state index contributed by atoms with van der Waals surface area (Å²) < 4.78 is 2.48. The molecule has 3 heteroatoms. The van der Waals surface area contributed by atoms with E-state index in [1.165, 1.54) is 60.4 Å². The van der Waals surface area contributed by atoms with Crippen molar-refractivity contribution in [2.24, 2.45) is 0 Å². The molecule has 2 aliphatic rings. The van der Waals surface area contributed by atoms with E-state index < -0.39 is 0 Å². The number of nitrogens with zero attached hydrogens (tertiary/aromatic N) is 1. The molecule has 2 nitrogen and oxygen atoms in total. The van der Waals surface area contributed by atoms with Gasteiger partial charge in [0.25, 0.3) is 0 Å². The van der Waals surface area contributed by atoms with E-state index in [2.05, 4.69) is 112 Å². The molecule has 0 saturated heterocycles. The molecule has 0 amide bonds. The zero-order chi connectivity index (χ0) is 20.1. The van der Waals surface area contributed by atoms with Gasteiger partial charge < -0.3 is 9.55 Å². The number of hydrogen-bond donors (Lipinski definition) is 1. The van der Waals surface area contributed by atoms with Crippen LogP contribution < -0.4 is 0 Å². The van der Waals surface area contributed by atoms with Gasteiger partial charge in [-0.2, -0.15) is 0 Å². The van der Waals surface area contributed by atoms with Crippen molar-refractivity contribution >= 4 is 55.4 Å². The van der Waals surface area contributed by atoms with Crippen LogP contribution >= 0.6 is 11.8 Å². The summed E-state index contributed by atoms with van der Waals surface area (Å²) >= 11 is 2.07. The molecular formula is C28H18N2S. The van der Waals surface area contributed by atoms with Gasteiger partial charge in [-0.25, -0.2) is 0 Å². The normalized spacial score (nSPS) is 19.4. The number of aromatic nitrogens is 2. The fraction of sp³-hybridized carbons (Fsp3) is 0.0714. The molecule has 2 bridgehead atoms. The Hall–Kier alpha value is -3.43. The van der Waals surface area contributed by atoms with Gasteiger partial charge in [0.1, 0.15) is 0 Å². The maximum absolute atomic E-state index is 3.82. The van der Waals surface area contributed by atoms with Crippen molar-refractivity contribution in [2.45, 2.75) is 10.5 Å². The first-order valence-corrected chi connectivity index (χ1v) is 11.7. The van der Waals surface area contributed by atoms with E-state index in [9.17, 15) is 0 Å². The van der Waals surface area contributed by atoms with Gasteiger partial charge in [0.15, 0.2) is 0 Å². The lowest BCUT2D eigenvalue weighted by Gasteiger charge is -2.15. The quantitative estimate of drug-likeness (QED) is 0.272. The molecule has 4 aromatic carbocycles. The third-order valence-corrected chi connectivity index (χ3v) is 8.36. The van der Waals surface area contributed by atoms with Gasteiger partial charge in [-0.3, -0.25) is 0 Å². The number of aromatic amines is 1. The highest BCUT2D eigenvalue weighted by molar-refractivity contribution is 8.00. The molecule has 0 aliphatic carbocycles. The van der Waals surface area contributed by atoms with Crippen LogP contribution in [0.15, 0.2) is 91.0 Å². The lowest BCUT2D eigenvalue weighted by molar-refractivity contribution is 1.15. The Morgan fingerprint density at radius 1 is 0.677 bits per heavy atom. The van der Waals surface area contributed by atoms with Gasteiger partial charge in [0, 0.05) is 38.0 Å². The molecule has 8 rings (SSSR count). The first kappa shape index (κ1) is 16.3. The molecule has 1 N–H and O–H groups in total. The number of H-pyrrole nitrogens is 1. The molecule has 2 atom stereocenters. The van der Waals surface area contributed by atoms with E-state index >= 15 is 0 Å². The van der Waals surface area contributed by atoms with E-state index in [0.717, 1.165) is 0 Å². The van der Waals surface area contributed by atoms with Gasteiger partial charge in [-0.15, -0.1) is 11.8 Å². The fourth-order valence-corrected chi connectivity index (χ4v) is 7.26. The second-order valence-corrected chi connectivity index (χ2v) is 9.81. The Morgan fingerprint density at radius 2 is 1.39 bits per heavy atom. The van der Waals surface area contributed by atoms with E-state index in [1.54, 1.807) is 0 Å². The highest BCUT2D eigenvalue weighted by Gasteiger charge is 2.39. The fourth-order valence-electron chi connectivity index (χ4n) is 5.82. The molecule has 2 aromatic heterocycles. The predicted octanol–water partition coefficient (Wildman–Crippen LogP) is 7.82. The number of fused-ring (bicyclic) bond motifs is 14. The van der Waals surface area contributed by atoms with Crippen LogP contribution in [-0.4, -0.2) is 9.55 Å². The highest BCUT2D eigenvalue weighted by Crippen LogP contribution is 2.62. The van der Waals surface area contributed by atoms with Crippen LogP contribution in [0.1, 0.15) is 21.6 Å². The summed E-state index contributed by atoms with van der Waals surface area (Å²) in [5.74, 6) is 0. The Bertz CT molecular complexity index is 1720. The lowest BCUT2D eigenvalue weighted by atomic mass is 9.89. The maximum atomic E-state index is 3.82. The standard InChI is InChI=1S/C28H18N2S/c1-2-8-16(9-3-1)30-20-13-7-5-11-18(20)23-25-21-14-15-22(31-21)26(25)27-24(28(23)30)17-10-4-6-12-19(17)29-27/h1-15,21-22,29H. The minimum Gasteiger partial charge on any atom is -0.354 e. The summed E-state index contributed by atoms with van der Waals surface area (Å²) in [4.78, 5) is 3.82. The van der Waals surface area contributed by atoms with Gasteiger partial charge in [0.05, 0.1) is 21.8 Å². The molecule has 0 radical (unpaired) electrons. The van der Waals surface area contributed by atoms with E-state index in [-0.39, 0.29) is 0 Å². The Labute approximate surface area is 183 Å². The van der Waals surface area contributed by atoms with Crippen LogP contribution in [0.25, 0.3) is 49.3 Å². The van der Waals surface area contributed by atoms with Crippen LogP contribution in [0.4, 0.5) is 0 Å². The molecule has 0 saturated carbocycles. The first-order valence-electron chi connectivity index (χ1n) is 10.8. The Balaban J connectivity index is 1.74. The molecule has 2 aliphatic heterocycles. The molecule has 6 aromatic rings. The summed E-state index contributed by atoms with van der Waals surface area (Å²) in [6, 6.07) is 28.5. The monoisotopic (exact) mass is 414 g/mol. The number of thioether (sulfide) groups is 1. The largest absolute Gasteiger partial charge is 0.354 e. The van der Waals surface area contributed by atoms with Crippen LogP contribution in [0.3, 0.4) is 0 Å². The minimum absolute atomic E-state index is 0.438. The first-order chi connectivity index (χ1) is 15.4. The van der Waals surface area contributed by atoms with Crippen molar-refractivity contribution in [3.8, 4) is 5.69 Å². The summed E-state index contributed by atoms with van der Waals surface area (Å²) in [6.07, 6.45) is 4.80. The summed E-state index contributed by atoms with van der Waals surface area (Å²) in [7, 11) is 0. The molecule has 146 valence electrons. The second kappa shape index (κ2) is 5.63. The minimum atomic E-state index is 0.438. The SMILES string of the molecule is C1=CC2SC1c1c2c2c3ccccc3n(-c3ccccc3)c2c2c1[nH]c1ccccc12. The third-order valence-electron chi connectivity index (χ3n) is 6.98. The average molecular weight is 415 g/mol. The van der Waals surface area contributed by atoms with Gasteiger partial charge in [0.2, 0.25) is 0 Å². The molecule has 0 spiro atoms. The van der Waals surface area contributed by atoms with E-state index in [4.69, 9.17) is 0 Å². The number of benzene rings is 4. The molecular weight excluding hydrogens is 396 g/mol. The molecule has 31 heavy (non-hydrogen) atoms. The number of nitrogens with one attached hydrogen (secondary N) is 1. The van der Waals surface area contributed by atoms with Crippen molar-refractivity contribution in [1.82, 2.24) is 9.55 Å². The predicted molar refractivity (Wildman–Crippen MR) is 132 cm³/mol. The zero-order valence-corrected chi connectivity index (χ0v) is 17.5. The molecule has 0 fully saturated rings. The van der Waals surface area contributed by atoms with Crippen LogP contribution in [0.5, 0.6) is 0 Å². The van der Waals surface area contributed by atoms with Crippen LogP contribution in [-0.2, 0) is 0 Å². The topological polar surface area (TPSA) is 20.7 Å². The van der Waals surface area contributed by atoms with Gasteiger partial charge in [-0.05, 0) is 35.4 Å². The molecule has 2 unspecified atom stereocenters. The van der Waals surface area contributed by atoms with E-state index in [0.29, 0.717) is 10.5 Å². The molecule has 4 heterocycles. The smallest absolute Gasteiger partial charge is 0.0644 e. The summed E-state index contributed by atoms with van der Waals surface area (Å²) in [5, 5.41) is 6.32. The maximum Gasteiger partial charge on any atom is 0.0644 e. The van der Waals surface area contributed by atoms with Crippen molar-refractivity contribution in [3.05, 3.63) is 102 Å². The van der Waals surface area contributed by atoms with Crippen LogP contribution in [0.2, 0.25) is 0 Å². The Morgan fingerprint density at radius 3 is 2.26 bits per heavy atom. The van der Waals surface area contributed by atoms with E-state index in [1.807, 2.05) is 0 Å². The number of hydrogen-bond acceptors (Lipinski definition) is 1. The van der Waals surface area contributed by atoms with Crippen molar-refractivity contribution in [1.29, 1.82) is 0 Å². The second-order valence-electron chi connectivity index (χ2n) is 8.52. The Kier molecular flexibility index (Phi) is 2.96. The number of rotatable bonds is 1. The highest BCUT2D eigenvalue weighted by atomic mass is 32.2. The summed E-state index contributed by atoms with van der Waals surface area (Å²) in [5.41, 5.74) is 9.36. The van der Waals surface area contributed by atoms with Gasteiger partial charge >= 0.3 is 0 Å². The van der Waals surface area contributed by atoms with Crippen molar-refractivity contribution < 1.29 is 0 Å². The van der Waals surface area contributed by atoms with Gasteiger partial charge in [-0.1, -0.05) is 66.7 Å².